The number of hydrogen-bond donors (Lipinski definition) is 2. The number of anilines is 1. The first-order valence-electron chi connectivity index (χ1n) is 6.60. The summed E-state index contributed by atoms with van der Waals surface area (Å²) >= 11 is 12.2. The Bertz CT molecular complexity index is 578. The summed E-state index contributed by atoms with van der Waals surface area (Å²) in [6.07, 6.45) is 0.769. The summed E-state index contributed by atoms with van der Waals surface area (Å²) in [6.45, 7) is 2.79. The van der Waals surface area contributed by atoms with E-state index in [1.807, 2.05) is 6.92 Å². The first-order chi connectivity index (χ1) is 9.88. The number of carbonyl (C=O) groups excluding carboxylic acids is 1. The van der Waals surface area contributed by atoms with E-state index in [1.54, 1.807) is 17.0 Å². The van der Waals surface area contributed by atoms with Gasteiger partial charge >= 0.3 is 12.0 Å². The molecule has 1 aliphatic rings. The van der Waals surface area contributed by atoms with Crippen LogP contribution in [0.3, 0.4) is 0 Å². The van der Waals surface area contributed by atoms with Crippen LogP contribution in [0.15, 0.2) is 12.1 Å². The summed E-state index contributed by atoms with van der Waals surface area (Å²) in [5, 5.41) is 12.3. The van der Waals surface area contributed by atoms with Crippen molar-refractivity contribution in [3.05, 3.63) is 27.7 Å². The quantitative estimate of drug-likeness (QED) is 0.888. The molecule has 5 nitrogen and oxygen atoms in total. The van der Waals surface area contributed by atoms with Gasteiger partial charge in [0.15, 0.2) is 0 Å². The van der Waals surface area contributed by atoms with E-state index < -0.39 is 5.97 Å². The van der Waals surface area contributed by atoms with Gasteiger partial charge in [-0.2, -0.15) is 0 Å². The highest BCUT2D eigenvalue weighted by atomic mass is 35.5. The van der Waals surface area contributed by atoms with Gasteiger partial charge in [-0.05, 0) is 30.9 Å². The molecule has 0 radical (unpaired) electrons. The Labute approximate surface area is 132 Å². The molecule has 2 N–H and O–H groups in total. The van der Waals surface area contributed by atoms with Gasteiger partial charge in [0, 0.05) is 19.5 Å². The van der Waals surface area contributed by atoms with Crippen LogP contribution in [0, 0.1) is 12.8 Å². The van der Waals surface area contributed by atoms with E-state index in [1.165, 1.54) is 0 Å². The molecule has 0 bridgehead atoms. The molecule has 2 amide bonds. The first-order valence-corrected chi connectivity index (χ1v) is 7.36. The molecule has 1 saturated heterocycles. The highest BCUT2D eigenvalue weighted by molar-refractivity contribution is 6.40. The van der Waals surface area contributed by atoms with Gasteiger partial charge < -0.3 is 15.3 Å². The average Bonchev–Trinajstić information content (AvgIpc) is 2.86. The van der Waals surface area contributed by atoms with E-state index in [4.69, 9.17) is 28.3 Å². The van der Waals surface area contributed by atoms with Crippen LogP contribution < -0.4 is 5.32 Å². The molecule has 114 valence electrons. The monoisotopic (exact) mass is 330 g/mol. The number of aryl methyl sites for hydroxylation is 1. The van der Waals surface area contributed by atoms with E-state index in [0.717, 1.165) is 5.56 Å². The van der Waals surface area contributed by atoms with Crippen LogP contribution in [-0.2, 0) is 4.79 Å². The normalized spacial score (nSPS) is 17.9. The second kappa shape index (κ2) is 6.54. The third kappa shape index (κ3) is 3.80. The molecule has 1 unspecified atom stereocenters. The van der Waals surface area contributed by atoms with Crippen molar-refractivity contribution < 1.29 is 14.7 Å². The molecule has 0 saturated carbocycles. The summed E-state index contributed by atoms with van der Waals surface area (Å²) in [4.78, 5) is 24.5. The number of carboxylic acids is 1. The Kier molecular flexibility index (Phi) is 4.96. The fraction of sp³-hybridized carbons (Fsp3) is 0.429. The molecule has 2 rings (SSSR count). The van der Waals surface area contributed by atoms with Gasteiger partial charge in [-0.25, -0.2) is 4.79 Å². The van der Waals surface area contributed by atoms with Crippen molar-refractivity contribution in [2.75, 3.05) is 18.4 Å². The number of aliphatic carboxylic acids is 1. The predicted molar refractivity (Wildman–Crippen MR) is 82.2 cm³/mol. The number of halogens is 2. The lowest BCUT2D eigenvalue weighted by molar-refractivity contribution is -0.138. The first kappa shape index (κ1) is 15.9. The number of carbonyl (C=O) groups is 2. The number of nitrogens with one attached hydrogen (secondary N) is 1. The van der Waals surface area contributed by atoms with Crippen LogP contribution in [0.25, 0.3) is 0 Å². The number of carboxylic acid groups (broad SMARTS) is 1. The van der Waals surface area contributed by atoms with Crippen molar-refractivity contribution in [2.45, 2.75) is 19.8 Å². The van der Waals surface area contributed by atoms with E-state index in [0.29, 0.717) is 35.2 Å². The standard InChI is InChI=1S/C14H16Cl2N2O3/c1-8-2-3-10(15)13(12(8)16)17-14(21)18-5-4-9(7-18)6-11(19)20/h2-3,9H,4-7H2,1H3,(H,17,21)(H,19,20). The SMILES string of the molecule is Cc1ccc(Cl)c(NC(=O)N2CCC(CC(=O)O)C2)c1Cl. The van der Waals surface area contributed by atoms with E-state index in [2.05, 4.69) is 5.32 Å². The highest BCUT2D eigenvalue weighted by Crippen LogP contribution is 2.33. The number of amides is 2. The van der Waals surface area contributed by atoms with Gasteiger partial charge in [0.25, 0.3) is 0 Å². The minimum Gasteiger partial charge on any atom is -0.481 e. The summed E-state index contributed by atoms with van der Waals surface area (Å²) < 4.78 is 0. The van der Waals surface area contributed by atoms with Gasteiger partial charge in [-0.15, -0.1) is 0 Å². The molecular weight excluding hydrogens is 315 g/mol. The molecule has 0 aromatic heterocycles. The van der Waals surface area contributed by atoms with Crippen LogP contribution in [0.4, 0.5) is 10.5 Å². The lowest BCUT2D eigenvalue weighted by Crippen LogP contribution is -2.33. The Hall–Kier alpha value is -1.46. The third-order valence-corrected chi connectivity index (χ3v) is 4.35. The molecule has 1 aromatic rings. The third-order valence-electron chi connectivity index (χ3n) is 3.55. The van der Waals surface area contributed by atoms with Gasteiger partial charge in [-0.3, -0.25) is 4.79 Å². The minimum absolute atomic E-state index is 0.00305. The van der Waals surface area contributed by atoms with Gasteiger partial charge in [0.2, 0.25) is 0 Å². The Morgan fingerprint density at radius 1 is 1.43 bits per heavy atom. The molecule has 7 heteroatoms. The number of rotatable bonds is 3. The number of nitrogens with zero attached hydrogens (tertiary/aromatic N) is 1. The Morgan fingerprint density at radius 3 is 2.81 bits per heavy atom. The van der Waals surface area contributed by atoms with Crippen molar-refractivity contribution in [3.8, 4) is 0 Å². The maximum atomic E-state index is 12.2. The lowest BCUT2D eigenvalue weighted by atomic mass is 10.1. The number of hydrogen-bond acceptors (Lipinski definition) is 2. The zero-order chi connectivity index (χ0) is 15.6. The minimum atomic E-state index is -0.841. The van der Waals surface area contributed by atoms with E-state index in [-0.39, 0.29) is 18.4 Å². The molecule has 1 atom stereocenters. The summed E-state index contributed by atoms with van der Waals surface area (Å²) in [7, 11) is 0. The van der Waals surface area contributed by atoms with Crippen molar-refractivity contribution >= 4 is 40.9 Å². The smallest absolute Gasteiger partial charge is 0.321 e. The van der Waals surface area contributed by atoms with Crippen molar-refractivity contribution in [1.82, 2.24) is 4.90 Å². The molecule has 21 heavy (non-hydrogen) atoms. The fourth-order valence-corrected chi connectivity index (χ4v) is 2.85. The van der Waals surface area contributed by atoms with Gasteiger partial charge in [0.05, 0.1) is 15.7 Å². The number of urea groups is 1. The van der Waals surface area contributed by atoms with Gasteiger partial charge in [0.1, 0.15) is 0 Å². The average molecular weight is 331 g/mol. The second-order valence-corrected chi connectivity index (χ2v) is 5.97. The molecule has 1 aromatic carbocycles. The number of likely N-dealkylation sites (tertiary alicyclic amines) is 1. The molecule has 1 heterocycles. The molecule has 1 fully saturated rings. The molecular formula is C14H16Cl2N2O3. The summed E-state index contributed by atoms with van der Waals surface area (Å²) in [6, 6.07) is 3.14. The van der Waals surface area contributed by atoms with Crippen molar-refractivity contribution in [3.63, 3.8) is 0 Å². The van der Waals surface area contributed by atoms with Crippen LogP contribution in [-0.4, -0.2) is 35.1 Å². The van der Waals surface area contributed by atoms with Gasteiger partial charge in [-0.1, -0.05) is 29.3 Å². The predicted octanol–water partition coefficient (Wildman–Crippen LogP) is 3.63. The van der Waals surface area contributed by atoms with Crippen LogP contribution in [0.5, 0.6) is 0 Å². The van der Waals surface area contributed by atoms with Crippen LogP contribution in [0.1, 0.15) is 18.4 Å². The molecule has 0 spiro atoms. The van der Waals surface area contributed by atoms with Crippen LogP contribution in [0.2, 0.25) is 10.0 Å². The Balaban J connectivity index is 2.03. The second-order valence-electron chi connectivity index (χ2n) is 5.18. The van der Waals surface area contributed by atoms with E-state index in [9.17, 15) is 9.59 Å². The maximum absolute atomic E-state index is 12.2. The van der Waals surface area contributed by atoms with Crippen LogP contribution >= 0.6 is 23.2 Å². The summed E-state index contributed by atoms with van der Waals surface area (Å²) in [5.74, 6) is -0.844. The topological polar surface area (TPSA) is 69.6 Å². The fourth-order valence-electron chi connectivity index (χ4n) is 2.39. The van der Waals surface area contributed by atoms with Crippen molar-refractivity contribution in [1.29, 1.82) is 0 Å². The lowest BCUT2D eigenvalue weighted by Gasteiger charge is -2.19. The zero-order valence-corrected chi connectivity index (χ0v) is 13.0. The molecule has 1 aliphatic heterocycles. The van der Waals surface area contributed by atoms with Crippen molar-refractivity contribution in [2.24, 2.45) is 5.92 Å². The highest BCUT2D eigenvalue weighted by Gasteiger charge is 2.28. The number of benzene rings is 1. The largest absolute Gasteiger partial charge is 0.481 e. The Morgan fingerprint density at radius 2 is 2.14 bits per heavy atom. The molecule has 0 aliphatic carbocycles. The zero-order valence-electron chi connectivity index (χ0n) is 11.5. The van der Waals surface area contributed by atoms with E-state index >= 15 is 0 Å². The maximum Gasteiger partial charge on any atom is 0.321 e. The summed E-state index contributed by atoms with van der Waals surface area (Å²) in [5.41, 5.74) is 1.21.